The van der Waals surface area contributed by atoms with Crippen molar-refractivity contribution in [2.45, 2.75) is 13.1 Å². The molecule has 0 saturated carbocycles. The Balaban J connectivity index is 1.64. The van der Waals surface area contributed by atoms with Crippen LogP contribution >= 0.6 is 0 Å². The number of carbonyl (C=O) groups is 1. The van der Waals surface area contributed by atoms with E-state index in [0.717, 1.165) is 11.4 Å². The molecule has 1 aromatic carbocycles. The maximum absolute atomic E-state index is 12.5. The molecule has 0 fully saturated rings. The Hall–Kier alpha value is -3.57. The van der Waals surface area contributed by atoms with E-state index in [0.29, 0.717) is 30.0 Å². The third-order valence-electron chi connectivity index (χ3n) is 3.99. The summed E-state index contributed by atoms with van der Waals surface area (Å²) in [5, 5.41) is 19.5. The van der Waals surface area contributed by atoms with Crippen LogP contribution in [-0.4, -0.2) is 37.6 Å². The van der Waals surface area contributed by atoms with Gasteiger partial charge in [-0.05, 0) is 36.9 Å². The summed E-state index contributed by atoms with van der Waals surface area (Å²) >= 11 is 0. The number of hydrogen-bond donors (Lipinski definition) is 1. The average Bonchev–Trinajstić information content (AvgIpc) is 3.07. The Labute approximate surface area is 157 Å². The zero-order valence-electron chi connectivity index (χ0n) is 15.1. The third-order valence-corrected chi connectivity index (χ3v) is 3.99. The summed E-state index contributed by atoms with van der Waals surface area (Å²) in [6, 6.07) is 12.6. The summed E-state index contributed by atoms with van der Waals surface area (Å²) < 4.78 is 1.88. The van der Waals surface area contributed by atoms with Crippen LogP contribution in [0.5, 0.6) is 0 Å². The van der Waals surface area contributed by atoms with Crippen LogP contribution in [0.1, 0.15) is 27.4 Å². The van der Waals surface area contributed by atoms with Crippen molar-refractivity contribution in [3.63, 3.8) is 0 Å². The maximum atomic E-state index is 12.5. The number of hydrogen-bond acceptors (Lipinski definition) is 6. The lowest BCUT2D eigenvalue weighted by Crippen LogP contribution is -2.20. The zero-order chi connectivity index (χ0) is 19.2. The standard InChI is InChI=1S/C19H19N7O/c1-25(12-18-24-22-13-26(18)2)11-14-4-3-5-15(8-14)19(27)23-17-7-6-16(9-20)21-10-17/h3-8,10,13H,11-12H2,1-2H3,(H,23,27). The van der Waals surface area contributed by atoms with E-state index in [4.69, 9.17) is 5.26 Å². The lowest BCUT2D eigenvalue weighted by Gasteiger charge is -2.16. The number of nitrogens with one attached hydrogen (secondary N) is 1. The van der Waals surface area contributed by atoms with Gasteiger partial charge in [-0.3, -0.25) is 9.69 Å². The van der Waals surface area contributed by atoms with Crippen molar-refractivity contribution in [2.75, 3.05) is 12.4 Å². The maximum Gasteiger partial charge on any atom is 0.255 e. The number of carbonyl (C=O) groups excluding carboxylic acids is 1. The first kappa shape index (κ1) is 18.2. The molecule has 0 aliphatic heterocycles. The Morgan fingerprint density at radius 2 is 2.15 bits per heavy atom. The summed E-state index contributed by atoms with van der Waals surface area (Å²) in [4.78, 5) is 18.5. The fourth-order valence-electron chi connectivity index (χ4n) is 2.61. The number of pyridine rings is 1. The summed E-state index contributed by atoms with van der Waals surface area (Å²) in [5.74, 6) is 0.652. The first-order valence-electron chi connectivity index (χ1n) is 8.33. The summed E-state index contributed by atoms with van der Waals surface area (Å²) in [7, 11) is 3.90. The molecule has 8 heteroatoms. The summed E-state index contributed by atoms with van der Waals surface area (Å²) in [6.45, 7) is 1.33. The largest absolute Gasteiger partial charge is 0.321 e. The second kappa shape index (κ2) is 8.21. The van der Waals surface area contributed by atoms with Crippen LogP contribution in [0.3, 0.4) is 0 Å². The summed E-state index contributed by atoms with van der Waals surface area (Å²) in [6.07, 6.45) is 3.14. The highest BCUT2D eigenvalue weighted by Gasteiger charge is 2.10. The van der Waals surface area contributed by atoms with Gasteiger partial charge < -0.3 is 9.88 Å². The number of anilines is 1. The van der Waals surface area contributed by atoms with Crippen LogP contribution in [0, 0.1) is 11.3 Å². The van der Waals surface area contributed by atoms with E-state index >= 15 is 0 Å². The van der Waals surface area contributed by atoms with Gasteiger partial charge in [0.25, 0.3) is 5.91 Å². The number of aromatic nitrogens is 4. The molecule has 0 radical (unpaired) electrons. The highest BCUT2D eigenvalue weighted by atomic mass is 16.1. The number of nitrogens with zero attached hydrogens (tertiary/aromatic N) is 6. The van der Waals surface area contributed by atoms with Gasteiger partial charge in [-0.1, -0.05) is 12.1 Å². The van der Waals surface area contributed by atoms with Gasteiger partial charge >= 0.3 is 0 Å². The van der Waals surface area contributed by atoms with Crippen LogP contribution in [0.15, 0.2) is 48.9 Å². The second-order valence-electron chi connectivity index (χ2n) is 6.23. The van der Waals surface area contributed by atoms with E-state index in [1.807, 2.05) is 42.9 Å². The molecule has 0 bridgehead atoms. The molecule has 3 aromatic rings. The molecule has 0 saturated heterocycles. The van der Waals surface area contributed by atoms with Crippen molar-refractivity contribution in [1.82, 2.24) is 24.6 Å². The fraction of sp³-hybridized carbons (Fsp3) is 0.211. The topological polar surface area (TPSA) is 99.7 Å². The minimum absolute atomic E-state index is 0.223. The molecule has 8 nitrogen and oxygen atoms in total. The molecular weight excluding hydrogens is 342 g/mol. The average molecular weight is 361 g/mol. The number of rotatable bonds is 6. The van der Waals surface area contributed by atoms with Crippen molar-refractivity contribution in [1.29, 1.82) is 5.26 Å². The first-order chi connectivity index (χ1) is 13.0. The highest BCUT2D eigenvalue weighted by molar-refractivity contribution is 6.04. The Kier molecular flexibility index (Phi) is 5.54. The number of benzene rings is 1. The van der Waals surface area contributed by atoms with Gasteiger partial charge in [0.1, 0.15) is 23.9 Å². The van der Waals surface area contributed by atoms with Gasteiger partial charge in [-0.15, -0.1) is 10.2 Å². The number of nitriles is 1. The van der Waals surface area contributed by atoms with E-state index in [1.165, 1.54) is 6.20 Å². The van der Waals surface area contributed by atoms with E-state index < -0.39 is 0 Å². The van der Waals surface area contributed by atoms with Crippen molar-refractivity contribution < 1.29 is 4.79 Å². The molecule has 0 aliphatic rings. The molecule has 0 aliphatic carbocycles. The lowest BCUT2D eigenvalue weighted by molar-refractivity contribution is 0.102. The monoisotopic (exact) mass is 361 g/mol. The normalized spacial score (nSPS) is 10.6. The summed E-state index contributed by atoms with van der Waals surface area (Å²) in [5.41, 5.74) is 2.43. The van der Waals surface area contributed by atoms with E-state index in [-0.39, 0.29) is 5.91 Å². The highest BCUT2D eigenvalue weighted by Crippen LogP contribution is 2.12. The van der Waals surface area contributed by atoms with Gasteiger partial charge in [-0.25, -0.2) is 4.98 Å². The van der Waals surface area contributed by atoms with E-state index in [1.54, 1.807) is 24.5 Å². The van der Waals surface area contributed by atoms with Gasteiger partial charge in [0.15, 0.2) is 0 Å². The molecule has 2 heterocycles. The van der Waals surface area contributed by atoms with Gasteiger partial charge in [-0.2, -0.15) is 5.26 Å². The zero-order valence-corrected chi connectivity index (χ0v) is 15.1. The van der Waals surface area contributed by atoms with Crippen molar-refractivity contribution in [3.05, 3.63) is 71.6 Å². The quantitative estimate of drug-likeness (QED) is 0.720. The molecule has 0 unspecified atom stereocenters. The van der Waals surface area contributed by atoms with Gasteiger partial charge in [0.05, 0.1) is 18.4 Å². The van der Waals surface area contributed by atoms with Crippen LogP contribution in [0.25, 0.3) is 0 Å². The lowest BCUT2D eigenvalue weighted by atomic mass is 10.1. The third kappa shape index (κ3) is 4.74. The van der Waals surface area contributed by atoms with Crippen LogP contribution < -0.4 is 5.32 Å². The predicted octanol–water partition coefficient (Wildman–Crippen LogP) is 1.97. The molecule has 1 amide bonds. The van der Waals surface area contributed by atoms with Crippen LogP contribution in [0.4, 0.5) is 5.69 Å². The molecular formula is C19H19N7O. The molecule has 1 N–H and O–H groups in total. The molecule has 27 heavy (non-hydrogen) atoms. The molecule has 2 aromatic heterocycles. The molecule has 0 spiro atoms. The smallest absolute Gasteiger partial charge is 0.255 e. The van der Waals surface area contributed by atoms with Gasteiger partial charge in [0, 0.05) is 19.2 Å². The first-order valence-corrected chi connectivity index (χ1v) is 8.33. The van der Waals surface area contributed by atoms with Crippen LogP contribution in [-0.2, 0) is 20.1 Å². The Bertz CT molecular complexity index is 972. The molecule has 3 rings (SSSR count). The molecule has 0 atom stereocenters. The van der Waals surface area contributed by atoms with Gasteiger partial charge in [0.2, 0.25) is 0 Å². The minimum Gasteiger partial charge on any atom is -0.321 e. The Morgan fingerprint density at radius 3 is 2.81 bits per heavy atom. The van der Waals surface area contributed by atoms with Crippen molar-refractivity contribution in [3.8, 4) is 6.07 Å². The number of amides is 1. The minimum atomic E-state index is -0.223. The Morgan fingerprint density at radius 1 is 1.30 bits per heavy atom. The number of aryl methyl sites for hydroxylation is 1. The van der Waals surface area contributed by atoms with E-state index in [2.05, 4.69) is 25.4 Å². The van der Waals surface area contributed by atoms with Crippen molar-refractivity contribution >= 4 is 11.6 Å². The second-order valence-corrected chi connectivity index (χ2v) is 6.23. The van der Waals surface area contributed by atoms with E-state index in [9.17, 15) is 4.79 Å². The predicted molar refractivity (Wildman–Crippen MR) is 99.5 cm³/mol. The fourth-order valence-corrected chi connectivity index (χ4v) is 2.61. The van der Waals surface area contributed by atoms with Crippen molar-refractivity contribution in [2.24, 2.45) is 7.05 Å². The molecule has 136 valence electrons. The van der Waals surface area contributed by atoms with Crippen LogP contribution in [0.2, 0.25) is 0 Å². The SMILES string of the molecule is CN(Cc1cccc(C(=O)Nc2ccc(C#N)nc2)c1)Cc1nncn1C.